The van der Waals surface area contributed by atoms with Crippen molar-refractivity contribution in [1.82, 2.24) is 4.57 Å². The molecule has 6 heteroatoms. The minimum Gasteiger partial charge on any atom is -0.462 e. The third-order valence-electron chi connectivity index (χ3n) is 5.05. The van der Waals surface area contributed by atoms with E-state index in [4.69, 9.17) is 4.74 Å². The van der Waals surface area contributed by atoms with Gasteiger partial charge < -0.3 is 14.6 Å². The number of aromatic nitrogens is 1. The van der Waals surface area contributed by atoms with Gasteiger partial charge in [-0.15, -0.1) is 0 Å². The van der Waals surface area contributed by atoms with E-state index in [1.807, 2.05) is 47.9 Å². The zero-order chi connectivity index (χ0) is 22.4. The predicted molar refractivity (Wildman–Crippen MR) is 120 cm³/mol. The number of benzene rings is 2. The lowest BCUT2D eigenvalue weighted by Gasteiger charge is -2.13. The van der Waals surface area contributed by atoms with Gasteiger partial charge in [0.05, 0.1) is 12.2 Å². The van der Waals surface area contributed by atoms with Crippen LogP contribution in [0.25, 0.3) is 11.3 Å². The van der Waals surface area contributed by atoms with Gasteiger partial charge in [0.15, 0.2) is 5.78 Å². The molecule has 1 N–H and O–H groups in total. The molecule has 3 aromatic rings. The van der Waals surface area contributed by atoms with E-state index in [0.717, 1.165) is 17.0 Å². The largest absolute Gasteiger partial charge is 0.462 e. The van der Waals surface area contributed by atoms with Crippen molar-refractivity contribution >= 4 is 23.3 Å². The number of nitrogens with zero attached hydrogens (tertiary/aromatic N) is 1. The van der Waals surface area contributed by atoms with E-state index < -0.39 is 0 Å². The van der Waals surface area contributed by atoms with Gasteiger partial charge in [0.25, 0.3) is 0 Å². The number of carbonyl (C=O) groups excluding carboxylic acids is 3. The number of carbonyl (C=O) groups is 3. The molecule has 0 aliphatic carbocycles. The normalized spacial score (nSPS) is 10.5. The van der Waals surface area contributed by atoms with Crippen molar-refractivity contribution in [3.05, 3.63) is 77.5 Å². The van der Waals surface area contributed by atoms with Gasteiger partial charge in [0, 0.05) is 35.6 Å². The fourth-order valence-corrected chi connectivity index (χ4v) is 3.45. The van der Waals surface area contributed by atoms with E-state index in [2.05, 4.69) is 5.32 Å². The molecule has 0 spiro atoms. The summed E-state index contributed by atoms with van der Waals surface area (Å²) in [6.07, 6.45) is 0.210. The Morgan fingerprint density at radius 3 is 2.42 bits per heavy atom. The number of nitrogens with one attached hydrogen (secondary N) is 1. The Morgan fingerprint density at radius 2 is 1.74 bits per heavy atom. The number of ether oxygens (including phenoxy) is 1. The molecule has 0 saturated heterocycles. The lowest BCUT2D eigenvalue weighted by Crippen LogP contribution is -2.16. The zero-order valence-corrected chi connectivity index (χ0v) is 18.0. The molecule has 1 aromatic heterocycles. The summed E-state index contributed by atoms with van der Waals surface area (Å²) in [5.74, 6) is -0.606. The first-order valence-corrected chi connectivity index (χ1v) is 10.2. The van der Waals surface area contributed by atoms with Gasteiger partial charge >= 0.3 is 5.97 Å². The molecular formula is C25H26N2O4. The lowest BCUT2D eigenvalue weighted by molar-refractivity contribution is -0.116. The van der Waals surface area contributed by atoms with E-state index in [1.54, 1.807) is 31.2 Å². The fraction of sp³-hybridized carbons (Fsp3) is 0.240. The SMILES string of the molecule is CCOC(=O)c1cc(-c2ccccc2)n(CCC(=O)Nc2cccc(C(C)=O)c2)c1C. The van der Waals surface area contributed by atoms with E-state index in [-0.39, 0.29) is 24.1 Å². The molecule has 0 unspecified atom stereocenters. The molecule has 1 amide bonds. The second-order valence-electron chi connectivity index (χ2n) is 7.20. The molecule has 6 nitrogen and oxygen atoms in total. The molecule has 0 bridgehead atoms. The van der Waals surface area contributed by atoms with Crippen LogP contribution in [0.4, 0.5) is 5.69 Å². The standard InChI is InChI=1S/C25H26N2O4/c1-4-31-25(30)22-16-23(19-9-6-5-7-10-19)27(17(22)2)14-13-24(29)26-21-12-8-11-20(15-21)18(3)28/h5-12,15-16H,4,13-14H2,1-3H3,(H,26,29). The maximum atomic E-state index is 12.6. The average Bonchev–Trinajstić information content (AvgIpc) is 3.09. The number of amides is 1. The second kappa shape index (κ2) is 9.89. The zero-order valence-electron chi connectivity index (χ0n) is 18.0. The molecular weight excluding hydrogens is 392 g/mol. The number of hydrogen-bond acceptors (Lipinski definition) is 4. The molecule has 0 saturated carbocycles. The van der Waals surface area contributed by atoms with E-state index >= 15 is 0 Å². The maximum absolute atomic E-state index is 12.6. The van der Waals surface area contributed by atoms with Crippen molar-refractivity contribution in [3.63, 3.8) is 0 Å². The van der Waals surface area contributed by atoms with Crippen LogP contribution in [-0.4, -0.2) is 28.8 Å². The van der Waals surface area contributed by atoms with Gasteiger partial charge in [-0.3, -0.25) is 9.59 Å². The quantitative estimate of drug-likeness (QED) is 0.418. The van der Waals surface area contributed by atoms with E-state index in [9.17, 15) is 14.4 Å². The van der Waals surface area contributed by atoms with Crippen molar-refractivity contribution in [1.29, 1.82) is 0 Å². The van der Waals surface area contributed by atoms with Crippen LogP contribution < -0.4 is 5.32 Å². The third-order valence-corrected chi connectivity index (χ3v) is 5.05. The summed E-state index contributed by atoms with van der Waals surface area (Å²) >= 11 is 0. The van der Waals surface area contributed by atoms with Crippen molar-refractivity contribution in [2.45, 2.75) is 33.7 Å². The van der Waals surface area contributed by atoms with Gasteiger partial charge in [-0.2, -0.15) is 0 Å². The summed E-state index contributed by atoms with van der Waals surface area (Å²) in [5.41, 5.74) is 4.18. The van der Waals surface area contributed by atoms with Crippen LogP contribution in [0, 0.1) is 6.92 Å². The molecule has 0 radical (unpaired) electrons. The van der Waals surface area contributed by atoms with Crippen molar-refractivity contribution in [2.24, 2.45) is 0 Å². The van der Waals surface area contributed by atoms with Gasteiger partial charge in [0.1, 0.15) is 0 Å². The molecule has 31 heavy (non-hydrogen) atoms. The molecule has 2 aromatic carbocycles. The highest BCUT2D eigenvalue weighted by Gasteiger charge is 2.20. The summed E-state index contributed by atoms with van der Waals surface area (Å²) in [5, 5.41) is 2.84. The van der Waals surface area contributed by atoms with Gasteiger partial charge in [-0.1, -0.05) is 42.5 Å². The van der Waals surface area contributed by atoms with Crippen molar-refractivity contribution < 1.29 is 19.1 Å². The number of esters is 1. The highest BCUT2D eigenvalue weighted by Crippen LogP contribution is 2.27. The summed E-state index contributed by atoms with van der Waals surface area (Å²) in [6, 6.07) is 18.4. The number of rotatable bonds is 8. The van der Waals surface area contributed by atoms with Gasteiger partial charge in [-0.25, -0.2) is 4.79 Å². The molecule has 0 aliphatic heterocycles. The summed E-state index contributed by atoms with van der Waals surface area (Å²) < 4.78 is 7.15. The van der Waals surface area contributed by atoms with Crippen LogP contribution >= 0.6 is 0 Å². The maximum Gasteiger partial charge on any atom is 0.339 e. The van der Waals surface area contributed by atoms with Crippen LogP contribution in [0.2, 0.25) is 0 Å². The summed E-state index contributed by atoms with van der Waals surface area (Å²) in [4.78, 5) is 36.5. The average molecular weight is 418 g/mol. The lowest BCUT2D eigenvalue weighted by atomic mass is 10.1. The Kier molecular flexibility index (Phi) is 7.03. The van der Waals surface area contributed by atoms with Crippen LogP contribution in [0.3, 0.4) is 0 Å². The molecule has 0 aliphatic rings. The van der Waals surface area contributed by atoms with Crippen LogP contribution in [-0.2, 0) is 16.1 Å². The van der Waals surface area contributed by atoms with Crippen LogP contribution in [0.15, 0.2) is 60.7 Å². The Morgan fingerprint density at radius 1 is 1.00 bits per heavy atom. The summed E-state index contributed by atoms with van der Waals surface area (Å²) in [6.45, 7) is 5.81. The number of anilines is 1. The Bertz CT molecular complexity index is 1100. The minimum absolute atomic E-state index is 0.0573. The van der Waals surface area contributed by atoms with Gasteiger partial charge in [0.2, 0.25) is 5.91 Å². The highest BCUT2D eigenvalue weighted by molar-refractivity contribution is 5.97. The monoisotopic (exact) mass is 418 g/mol. The van der Waals surface area contributed by atoms with Gasteiger partial charge in [-0.05, 0) is 44.5 Å². The third kappa shape index (κ3) is 5.28. The predicted octanol–water partition coefficient (Wildman–Crippen LogP) is 4.87. The smallest absolute Gasteiger partial charge is 0.339 e. The highest BCUT2D eigenvalue weighted by atomic mass is 16.5. The molecule has 160 valence electrons. The van der Waals surface area contributed by atoms with Crippen LogP contribution in [0.1, 0.15) is 46.7 Å². The fourth-order valence-electron chi connectivity index (χ4n) is 3.45. The number of Topliss-reactive ketones (excluding diaryl/α,β-unsaturated/α-hetero) is 1. The number of ketones is 1. The first-order valence-electron chi connectivity index (χ1n) is 10.2. The molecule has 1 heterocycles. The van der Waals surface area contributed by atoms with E-state index in [0.29, 0.717) is 30.0 Å². The molecule has 0 fully saturated rings. The minimum atomic E-state index is -0.374. The molecule has 3 rings (SSSR count). The topological polar surface area (TPSA) is 77.4 Å². The van der Waals surface area contributed by atoms with Crippen LogP contribution in [0.5, 0.6) is 0 Å². The Hall–Kier alpha value is -3.67. The van der Waals surface area contributed by atoms with E-state index in [1.165, 1.54) is 6.92 Å². The van der Waals surface area contributed by atoms with Crippen molar-refractivity contribution in [3.8, 4) is 11.3 Å². The first kappa shape index (κ1) is 22.0. The van der Waals surface area contributed by atoms with Crippen molar-refractivity contribution in [2.75, 3.05) is 11.9 Å². The second-order valence-corrected chi connectivity index (χ2v) is 7.20. The summed E-state index contributed by atoms with van der Waals surface area (Å²) in [7, 11) is 0. The Labute approximate surface area is 181 Å². The molecule has 0 atom stereocenters. The Balaban J connectivity index is 1.81. The first-order chi connectivity index (χ1) is 14.9. The number of hydrogen-bond donors (Lipinski definition) is 1.